The lowest BCUT2D eigenvalue weighted by atomic mass is 10.2. The molecule has 6 nitrogen and oxygen atoms in total. The maximum absolute atomic E-state index is 5.50. The van der Waals surface area contributed by atoms with Crippen LogP contribution in [0.3, 0.4) is 0 Å². The predicted octanol–water partition coefficient (Wildman–Crippen LogP) is 4.16. The fourth-order valence-electron chi connectivity index (χ4n) is 2.85. The first-order valence-corrected chi connectivity index (χ1v) is 8.38. The van der Waals surface area contributed by atoms with Gasteiger partial charge in [0.15, 0.2) is 10.6 Å². The van der Waals surface area contributed by atoms with Crippen molar-refractivity contribution in [1.29, 1.82) is 0 Å². The monoisotopic (exact) mass is 364 g/mol. The van der Waals surface area contributed by atoms with Gasteiger partial charge >= 0.3 is 0 Å². The van der Waals surface area contributed by atoms with E-state index in [1.165, 1.54) is 0 Å². The van der Waals surface area contributed by atoms with Crippen LogP contribution in [0, 0.1) is 4.77 Å². The van der Waals surface area contributed by atoms with Crippen LogP contribution in [0.25, 0.3) is 28.1 Å². The molecule has 2 aromatic carbocycles. The van der Waals surface area contributed by atoms with E-state index in [9.17, 15) is 0 Å². The Bertz CT molecular complexity index is 1150. The standard InChI is InChI=1S/C19H16N4O2S/c1-24-13-8-10-17(25-2)16(11-13)23-18(21-22-19(23)26)15-9-7-12-5-3-4-6-14(12)20-15/h3-11H,1-2H3,(H,22,26). The highest BCUT2D eigenvalue weighted by Crippen LogP contribution is 2.31. The quantitative estimate of drug-likeness (QED) is 0.551. The number of nitrogens with zero attached hydrogens (tertiary/aromatic N) is 3. The van der Waals surface area contributed by atoms with Crippen molar-refractivity contribution in [1.82, 2.24) is 19.7 Å². The van der Waals surface area contributed by atoms with Crippen molar-refractivity contribution in [3.05, 3.63) is 59.4 Å². The Morgan fingerprint density at radius 2 is 1.85 bits per heavy atom. The Kier molecular flexibility index (Phi) is 4.14. The number of rotatable bonds is 4. The van der Waals surface area contributed by atoms with Gasteiger partial charge in [0.25, 0.3) is 0 Å². The number of ether oxygens (including phenoxy) is 2. The van der Waals surface area contributed by atoms with Crippen LogP contribution in [0.4, 0.5) is 0 Å². The van der Waals surface area contributed by atoms with Gasteiger partial charge in [-0.1, -0.05) is 24.3 Å². The third-order valence-corrected chi connectivity index (χ3v) is 4.40. The van der Waals surface area contributed by atoms with E-state index >= 15 is 0 Å². The molecule has 1 N–H and O–H groups in total. The first-order chi connectivity index (χ1) is 12.7. The molecule has 0 radical (unpaired) electrons. The van der Waals surface area contributed by atoms with Crippen molar-refractivity contribution in [2.45, 2.75) is 0 Å². The van der Waals surface area contributed by atoms with Crippen LogP contribution in [-0.4, -0.2) is 34.0 Å². The molecular weight excluding hydrogens is 348 g/mol. The highest BCUT2D eigenvalue weighted by atomic mass is 32.1. The summed E-state index contributed by atoms with van der Waals surface area (Å²) in [7, 11) is 3.23. The largest absolute Gasteiger partial charge is 0.497 e. The van der Waals surface area contributed by atoms with Crippen molar-refractivity contribution in [2.75, 3.05) is 14.2 Å². The zero-order valence-electron chi connectivity index (χ0n) is 14.3. The van der Waals surface area contributed by atoms with Gasteiger partial charge in [0.05, 0.1) is 25.4 Å². The van der Waals surface area contributed by atoms with Crippen LogP contribution in [0.5, 0.6) is 11.5 Å². The minimum Gasteiger partial charge on any atom is -0.497 e. The van der Waals surface area contributed by atoms with Gasteiger partial charge in [0.2, 0.25) is 0 Å². The molecule has 4 aromatic rings. The zero-order valence-corrected chi connectivity index (χ0v) is 15.1. The molecule has 0 atom stereocenters. The lowest BCUT2D eigenvalue weighted by Gasteiger charge is -2.13. The van der Waals surface area contributed by atoms with Crippen molar-refractivity contribution < 1.29 is 9.47 Å². The summed E-state index contributed by atoms with van der Waals surface area (Å²) >= 11 is 5.46. The number of methoxy groups -OCH3 is 2. The molecule has 0 unspecified atom stereocenters. The van der Waals surface area contributed by atoms with Crippen molar-refractivity contribution in [2.24, 2.45) is 0 Å². The number of benzene rings is 2. The van der Waals surface area contributed by atoms with E-state index in [0.29, 0.717) is 27.8 Å². The normalized spacial score (nSPS) is 10.8. The molecule has 2 heterocycles. The molecule has 26 heavy (non-hydrogen) atoms. The summed E-state index contributed by atoms with van der Waals surface area (Å²) in [6, 6.07) is 17.4. The summed E-state index contributed by atoms with van der Waals surface area (Å²) in [4.78, 5) is 4.72. The number of nitrogens with one attached hydrogen (secondary N) is 1. The molecule has 0 saturated carbocycles. The van der Waals surface area contributed by atoms with E-state index in [1.54, 1.807) is 18.8 Å². The Morgan fingerprint density at radius 3 is 2.65 bits per heavy atom. The second-order valence-electron chi connectivity index (χ2n) is 5.61. The highest BCUT2D eigenvalue weighted by Gasteiger charge is 2.16. The average molecular weight is 364 g/mol. The lowest BCUT2D eigenvalue weighted by Crippen LogP contribution is -2.02. The topological polar surface area (TPSA) is 65.0 Å². The smallest absolute Gasteiger partial charge is 0.200 e. The number of aromatic nitrogens is 4. The predicted molar refractivity (Wildman–Crippen MR) is 103 cm³/mol. The van der Waals surface area contributed by atoms with E-state index in [1.807, 2.05) is 54.6 Å². The Labute approximate surface area is 155 Å². The third-order valence-electron chi connectivity index (χ3n) is 4.13. The first kappa shape index (κ1) is 16.3. The van der Waals surface area contributed by atoms with Crippen molar-refractivity contribution in [3.63, 3.8) is 0 Å². The van der Waals surface area contributed by atoms with Crippen molar-refractivity contribution >= 4 is 23.1 Å². The summed E-state index contributed by atoms with van der Waals surface area (Å²) < 4.78 is 13.1. The molecule has 130 valence electrons. The van der Waals surface area contributed by atoms with Gasteiger partial charge in [0, 0.05) is 11.5 Å². The molecular formula is C19H16N4O2S. The molecule has 0 spiro atoms. The van der Waals surface area contributed by atoms with E-state index < -0.39 is 0 Å². The Balaban J connectivity index is 1.95. The Morgan fingerprint density at radius 1 is 1.00 bits per heavy atom. The molecule has 7 heteroatoms. The van der Waals surface area contributed by atoms with E-state index in [0.717, 1.165) is 16.6 Å². The van der Waals surface area contributed by atoms with Crippen LogP contribution in [0.2, 0.25) is 0 Å². The summed E-state index contributed by atoms with van der Waals surface area (Å²) in [5, 5.41) is 8.30. The fraction of sp³-hybridized carbons (Fsp3) is 0.105. The molecule has 0 saturated heterocycles. The maximum atomic E-state index is 5.50. The van der Waals surface area contributed by atoms with Crippen molar-refractivity contribution in [3.8, 4) is 28.7 Å². The number of H-pyrrole nitrogens is 1. The molecule has 0 fully saturated rings. The van der Waals surface area contributed by atoms with Gasteiger partial charge in [-0.25, -0.2) is 4.98 Å². The van der Waals surface area contributed by atoms with E-state index in [4.69, 9.17) is 26.7 Å². The number of aromatic amines is 1. The lowest BCUT2D eigenvalue weighted by molar-refractivity contribution is 0.401. The van der Waals surface area contributed by atoms with Crippen LogP contribution < -0.4 is 9.47 Å². The molecule has 0 aliphatic rings. The number of fused-ring (bicyclic) bond motifs is 1. The van der Waals surface area contributed by atoms with Gasteiger partial charge in [0.1, 0.15) is 17.2 Å². The fourth-order valence-corrected chi connectivity index (χ4v) is 3.08. The first-order valence-electron chi connectivity index (χ1n) is 7.97. The number of hydrogen-bond donors (Lipinski definition) is 1. The molecule has 0 amide bonds. The van der Waals surface area contributed by atoms with Gasteiger partial charge in [-0.05, 0) is 36.5 Å². The number of hydrogen-bond acceptors (Lipinski definition) is 5. The van der Waals surface area contributed by atoms with Crippen LogP contribution in [0.1, 0.15) is 0 Å². The average Bonchev–Trinajstić information content (AvgIpc) is 3.08. The van der Waals surface area contributed by atoms with Gasteiger partial charge in [-0.2, -0.15) is 5.10 Å². The molecule has 2 aromatic heterocycles. The number of para-hydroxylation sites is 1. The highest BCUT2D eigenvalue weighted by molar-refractivity contribution is 7.71. The second kappa shape index (κ2) is 6.61. The third kappa shape index (κ3) is 2.72. The van der Waals surface area contributed by atoms with Gasteiger partial charge in [-0.3, -0.25) is 9.67 Å². The maximum Gasteiger partial charge on any atom is 0.200 e. The summed E-state index contributed by atoms with van der Waals surface area (Å²) in [6.45, 7) is 0. The Hall–Kier alpha value is -3.19. The molecule has 4 rings (SSSR count). The van der Waals surface area contributed by atoms with E-state index in [2.05, 4.69) is 10.2 Å². The summed E-state index contributed by atoms with van der Waals surface area (Å²) in [5.41, 5.74) is 2.33. The van der Waals surface area contributed by atoms with Crippen LogP contribution >= 0.6 is 12.2 Å². The summed E-state index contributed by atoms with van der Waals surface area (Å²) in [5.74, 6) is 1.96. The minimum atomic E-state index is 0.446. The SMILES string of the molecule is COc1ccc(OC)c(-n2c(-c3ccc4ccccc4n3)n[nH]c2=S)c1. The number of pyridine rings is 1. The van der Waals surface area contributed by atoms with Crippen LogP contribution in [-0.2, 0) is 0 Å². The zero-order chi connectivity index (χ0) is 18.1. The van der Waals surface area contributed by atoms with Gasteiger partial charge in [-0.15, -0.1) is 0 Å². The van der Waals surface area contributed by atoms with E-state index in [-0.39, 0.29) is 0 Å². The molecule has 0 aliphatic heterocycles. The minimum absolute atomic E-state index is 0.446. The molecule has 0 aliphatic carbocycles. The van der Waals surface area contributed by atoms with Gasteiger partial charge < -0.3 is 9.47 Å². The molecule has 0 bridgehead atoms. The van der Waals surface area contributed by atoms with Crippen LogP contribution in [0.15, 0.2) is 54.6 Å². The summed E-state index contributed by atoms with van der Waals surface area (Å²) in [6.07, 6.45) is 0. The second-order valence-corrected chi connectivity index (χ2v) is 6.00.